The average Bonchev–Trinajstić information content (AvgIpc) is 2.84. The van der Waals surface area contributed by atoms with E-state index in [1.165, 1.54) is 0 Å². The summed E-state index contributed by atoms with van der Waals surface area (Å²) in [6.45, 7) is 1.97. The maximum Gasteiger partial charge on any atom is 0.226 e. The Morgan fingerprint density at radius 1 is 1.69 bits per heavy atom. The largest absolute Gasteiger partial charge is 0.353 e. The monoisotopic (exact) mass is 235 g/mol. The molecule has 1 saturated carbocycles. The first-order valence-electron chi connectivity index (χ1n) is 5.44. The highest BCUT2D eigenvalue weighted by Gasteiger charge is 2.23. The quantitative estimate of drug-likeness (QED) is 0.877. The van der Waals surface area contributed by atoms with Gasteiger partial charge < -0.3 is 5.32 Å². The number of aryl methyl sites for hydroxylation is 1. The van der Waals surface area contributed by atoms with Crippen LogP contribution in [0.1, 0.15) is 24.2 Å². The van der Waals surface area contributed by atoms with Gasteiger partial charge in [0, 0.05) is 23.3 Å². The van der Waals surface area contributed by atoms with E-state index in [0.717, 1.165) is 29.2 Å². The number of fused-ring (bicyclic) bond motifs is 1. The Balaban J connectivity index is 1.79. The van der Waals surface area contributed by atoms with E-state index in [-0.39, 0.29) is 5.91 Å². The zero-order valence-electron chi connectivity index (χ0n) is 9.06. The Labute approximate surface area is 97.3 Å². The van der Waals surface area contributed by atoms with Crippen molar-refractivity contribution in [3.8, 4) is 0 Å². The second-order valence-corrected chi connectivity index (χ2v) is 5.12. The van der Waals surface area contributed by atoms with Crippen molar-refractivity contribution in [1.29, 1.82) is 0 Å². The maximum absolute atomic E-state index is 11.7. The number of aromatic nitrogens is 2. The summed E-state index contributed by atoms with van der Waals surface area (Å²) in [5.74, 6) is 0.119. The fourth-order valence-corrected chi connectivity index (χ4v) is 2.66. The smallest absolute Gasteiger partial charge is 0.226 e. The molecule has 2 heterocycles. The molecule has 0 unspecified atom stereocenters. The minimum absolute atomic E-state index is 0.119. The number of thiazole rings is 1. The van der Waals surface area contributed by atoms with E-state index >= 15 is 0 Å². The van der Waals surface area contributed by atoms with E-state index in [9.17, 15) is 4.79 Å². The van der Waals surface area contributed by atoms with Gasteiger partial charge in [0.2, 0.25) is 5.91 Å². The van der Waals surface area contributed by atoms with Gasteiger partial charge in [0.15, 0.2) is 4.96 Å². The number of rotatable bonds is 3. The van der Waals surface area contributed by atoms with E-state index in [0.29, 0.717) is 12.5 Å². The van der Waals surface area contributed by atoms with E-state index in [1.807, 2.05) is 22.9 Å². The molecule has 1 aliphatic rings. The molecule has 2 aromatic heterocycles. The van der Waals surface area contributed by atoms with Crippen LogP contribution in [0.3, 0.4) is 0 Å². The van der Waals surface area contributed by atoms with Crippen LogP contribution in [0.25, 0.3) is 4.96 Å². The molecule has 1 amide bonds. The number of nitrogens with zero attached hydrogens (tertiary/aromatic N) is 2. The number of imidazole rings is 1. The van der Waals surface area contributed by atoms with E-state index in [2.05, 4.69) is 10.3 Å². The first kappa shape index (κ1) is 9.84. The maximum atomic E-state index is 11.7. The normalized spacial score (nSPS) is 15.6. The first-order chi connectivity index (χ1) is 7.72. The Kier molecular flexibility index (Phi) is 2.21. The molecular weight excluding hydrogens is 222 g/mol. The highest BCUT2D eigenvalue weighted by molar-refractivity contribution is 7.15. The summed E-state index contributed by atoms with van der Waals surface area (Å²) >= 11 is 1.58. The predicted molar refractivity (Wildman–Crippen MR) is 62.7 cm³/mol. The van der Waals surface area contributed by atoms with E-state index < -0.39 is 0 Å². The highest BCUT2D eigenvalue weighted by atomic mass is 32.1. The number of carbonyl (C=O) groups is 1. The van der Waals surface area contributed by atoms with Crippen molar-refractivity contribution < 1.29 is 4.79 Å². The van der Waals surface area contributed by atoms with Gasteiger partial charge in [-0.05, 0) is 19.8 Å². The van der Waals surface area contributed by atoms with Crippen LogP contribution < -0.4 is 5.32 Å². The minimum Gasteiger partial charge on any atom is -0.353 e. The van der Waals surface area contributed by atoms with Gasteiger partial charge in [-0.1, -0.05) is 0 Å². The molecule has 4 nitrogen and oxygen atoms in total. The third-order valence-electron chi connectivity index (χ3n) is 2.69. The second-order valence-electron chi connectivity index (χ2n) is 4.28. The van der Waals surface area contributed by atoms with Gasteiger partial charge >= 0.3 is 0 Å². The van der Waals surface area contributed by atoms with Crippen molar-refractivity contribution in [1.82, 2.24) is 14.7 Å². The second kappa shape index (κ2) is 3.59. The van der Waals surface area contributed by atoms with E-state index in [4.69, 9.17) is 0 Å². The minimum atomic E-state index is 0.119. The number of hydrogen-bond acceptors (Lipinski definition) is 3. The van der Waals surface area contributed by atoms with Gasteiger partial charge in [-0.15, -0.1) is 11.3 Å². The van der Waals surface area contributed by atoms with Crippen LogP contribution in [0, 0.1) is 6.92 Å². The molecule has 2 aromatic rings. The Hall–Kier alpha value is -1.36. The van der Waals surface area contributed by atoms with Crippen LogP contribution in [0.2, 0.25) is 0 Å². The summed E-state index contributed by atoms with van der Waals surface area (Å²) in [7, 11) is 0. The molecule has 0 saturated heterocycles. The van der Waals surface area contributed by atoms with Crippen LogP contribution in [0.5, 0.6) is 0 Å². The standard InChI is InChI=1S/C11H13N3OS/c1-7-5-14-9(6-16-11(14)12-7)4-10(15)13-8-2-3-8/h5-6,8H,2-4H2,1H3,(H,13,15). The third kappa shape index (κ3) is 1.82. The van der Waals surface area contributed by atoms with Gasteiger partial charge in [0.05, 0.1) is 12.1 Å². The molecule has 84 valence electrons. The fraction of sp³-hybridized carbons (Fsp3) is 0.455. The highest BCUT2D eigenvalue weighted by Crippen LogP contribution is 2.20. The SMILES string of the molecule is Cc1cn2c(CC(=O)NC3CC3)csc2n1. The van der Waals surface area contributed by atoms with Crippen LogP contribution in [-0.2, 0) is 11.2 Å². The molecule has 0 atom stereocenters. The van der Waals surface area contributed by atoms with E-state index in [1.54, 1.807) is 11.3 Å². The van der Waals surface area contributed by atoms with Crippen LogP contribution >= 0.6 is 11.3 Å². The van der Waals surface area contributed by atoms with Crippen molar-refractivity contribution in [3.05, 3.63) is 23.0 Å². The van der Waals surface area contributed by atoms with Crippen LogP contribution in [-0.4, -0.2) is 21.3 Å². The molecule has 1 N–H and O–H groups in total. The molecule has 0 radical (unpaired) electrons. The average molecular weight is 235 g/mol. The Morgan fingerprint density at radius 2 is 2.50 bits per heavy atom. The number of amides is 1. The molecule has 1 aliphatic carbocycles. The Morgan fingerprint density at radius 3 is 3.25 bits per heavy atom. The molecule has 1 fully saturated rings. The van der Waals surface area contributed by atoms with Crippen LogP contribution in [0.15, 0.2) is 11.6 Å². The van der Waals surface area contributed by atoms with Crippen molar-refractivity contribution in [2.45, 2.75) is 32.2 Å². The molecule has 16 heavy (non-hydrogen) atoms. The molecule has 0 aliphatic heterocycles. The van der Waals surface area contributed by atoms with Gasteiger partial charge in [0.25, 0.3) is 0 Å². The number of carbonyl (C=O) groups excluding carboxylic acids is 1. The zero-order valence-corrected chi connectivity index (χ0v) is 9.88. The third-order valence-corrected chi connectivity index (χ3v) is 3.58. The fourth-order valence-electron chi connectivity index (χ4n) is 1.74. The van der Waals surface area contributed by atoms with Gasteiger partial charge in [0.1, 0.15) is 0 Å². The molecular formula is C11H13N3OS. The van der Waals surface area contributed by atoms with Crippen molar-refractivity contribution in [3.63, 3.8) is 0 Å². The molecule has 0 aromatic carbocycles. The van der Waals surface area contributed by atoms with Crippen molar-refractivity contribution in [2.75, 3.05) is 0 Å². The van der Waals surface area contributed by atoms with Crippen molar-refractivity contribution in [2.24, 2.45) is 0 Å². The van der Waals surface area contributed by atoms with Gasteiger partial charge in [-0.2, -0.15) is 0 Å². The predicted octanol–water partition coefficient (Wildman–Crippen LogP) is 1.53. The summed E-state index contributed by atoms with van der Waals surface area (Å²) in [5, 5.41) is 5.00. The Bertz CT molecular complexity index is 538. The van der Waals surface area contributed by atoms with Gasteiger partial charge in [-0.25, -0.2) is 4.98 Å². The van der Waals surface area contributed by atoms with Crippen LogP contribution in [0.4, 0.5) is 0 Å². The molecule has 0 spiro atoms. The number of nitrogens with one attached hydrogen (secondary N) is 1. The molecule has 0 bridgehead atoms. The lowest BCUT2D eigenvalue weighted by Crippen LogP contribution is -2.27. The van der Waals surface area contributed by atoms with Crippen molar-refractivity contribution >= 4 is 22.2 Å². The lowest BCUT2D eigenvalue weighted by molar-refractivity contribution is -0.120. The number of hydrogen-bond donors (Lipinski definition) is 1. The summed E-state index contributed by atoms with van der Waals surface area (Å²) in [6, 6.07) is 0.436. The molecule has 3 rings (SSSR count). The van der Waals surface area contributed by atoms with Gasteiger partial charge in [-0.3, -0.25) is 9.20 Å². The summed E-state index contributed by atoms with van der Waals surface area (Å²) in [5.41, 5.74) is 2.02. The summed E-state index contributed by atoms with van der Waals surface area (Å²) < 4.78 is 2.01. The lowest BCUT2D eigenvalue weighted by Gasteiger charge is -2.01. The molecule has 5 heteroatoms. The summed E-state index contributed by atoms with van der Waals surface area (Å²) in [6.07, 6.45) is 4.70. The summed E-state index contributed by atoms with van der Waals surface area (Å²) in [4.78, 5) is 17.0. The topological polar surface area (TPSA) is 46.4 Å². The lowest BCUT2D eigenvalue weighted by atomic mass is 10.3. The zero-order chi connectivity index (χ0) is 11.1. The first-order valence-corrected chi connectivity index (χ1v) is 6.32.